The quantitative estimate of drug-likeness (QED) is 0.125. The summed E-state index contributed by atoms with van der Waals surface area (Å²) in [6.07, 6.45) is 15.7. The van der Waals surface area contributed by atoms with Gasteiger partial charge in [-0.05, 0) is 12.2 Å². The highest BCUT2D eigenvalue weighted by molar-refractivity contribution is 7.99. The lowest BCUT2D eigenvalue weighted by Crippen LogP contribution is -3.00. The van der Waals surface area contributed by atoms with E-state index in [1.165, 1.54) is 63.7 Å². The van der Waals surface area contributed by atoms with Gasteiger partial charge in [0.15, 0.2) is 0 Å². The Kier molecular flexibility index (Phi) is 17.5. The molecule has 0 radical (unpaired) electrons. The number of aromatic nitrogens is 1. The highest BCUT2D eigenvalue weighted by atomic mass is 127. The van der Waals surface area contributed by atoms with Crippen molar-refractivity contribution in [2.45, 2.75) is 84.0 Å². The van der Waals surface area contributed by atoms with E-state index in [1.54, 1.807) is 6.20 Å². The molecular weight excluding hydrogens is 495 g/mol. The number of quaternary nitrogens is 1. The summed E-state index contributed by atoms with van der Waals surface area (Å²) in [6.45, 7) is 3.45. The van der Waals surface area contributed by atoms with Crippen molar-refractivity contribution in [3.8, 4) is 0 Å². The molecule has 4 nitrogen and oxygen atoms in total. The van der Waals surface area contributed by atoms with Crippen LogP contribution in [-0.2, 0) is 6.42 Å². The van der Waals surface area contributed by atoms with E-state index in [4.69, 9.17) is 4.42 Å². The van der Waals surface area contributed by atoms with Crippen molar-refractivity contribution in [2.24, 2.45) is 0 Å². The number of hydrogen-bond donors (Lipinski definition) is 0. The van der Waals surface area contributed by atoms with Crippen LogP contribution < -0.4 is 24.0 Å². The molecule has 0 aliphatic rings. The smallest absolute Gasteiger partial charge is 0.263 e. The van der Waals surface area contributed by atoms with Crippen molar-refractivity contribution in [1.82, 2.24) is 4.98 Å². The van der Waals surface area contributed by atoms with Gasteiger partial charge in [0, 0.05) is 25.0 Å². The lowest BCUT2D eigenvalue weighted by Gasteiger charge is -2.23. The number of carbonyl (C=O) groups excluding carboxylic acids is 1. The Balaban J connectivity index is 0.00000784. The van der Waals surface area contributed by atoms with Gasteiger partial charge >= 0.3 is 0 Å². The first-order valence-electron chi connectivity index (χ1n) is 11.3. The number of aryl methyl sites for hydroxylation is 1. The predicted octanol–water partition coefficient (Wildman–Crippen LogP) is 3.15. The van der Waals surface area contributed by atoms with Crippen LogP contribution in [0.15, 0.2) is 10.6 Å². The molecular formula is C23H43IN2O2S. The Labute approximate surface area is 200 Å². The number of rotatable bonds is 18. The minimum absolute atomic E-state index is 0. The van der Waals surface area contributed by atoms with E-state index < -0.39 is 0 Å². The van der Waals surface area contributed by atoms with E-state index >= 15 is 0 Å². The number of ketones is 1. The van der Waals surface area contributed by atoms with Gasteiger partial charge in [-0.25, -0.2) is 4.98 Å². The standard InChI is InChI=1S/C23H43N2O2S.HI/c1-5-6-7-8-9-10-11-12-13-15-22(26)23-24-20-21(27-23)16-19-28-18-14-17-25(2,3)4;/h20H,5-19H2,1-4H3;1H/q+1;/p-1. The molecule has 0 saturated heterocycles. The maximum absolute atomic E-state index is 12.2. The van der Waals surface area contributed by atoms with Crippen LogP contribution in [0.2, 0.25) is 0 Å². The number of carbonyl (C=O) groups is 1. The highest BCUT2D eigenvalue weighted by Gasteiger charge is 2.13. The maximum atomic E-state index is 12.2. The van der Waals surface area contributed by atoms with Crippen molar-refractivity contribution < 1.29 is 37.7 Å². The van der Waals surface area contributed by atoms with E-state index in [0.29, 0.717) is 12.3 Å². The highest BCUT2D eigenvalue weighted by Crippen LogP contribution is 2.14. The first kappa shape index (κ1) is 28.9. The summed E-state index contributed by atoms with van der Waals surface area (Å²) < 4.78 is 6.68. The van der Waals surface area contributed by atoms with Crippen LogP contribution in [0.1, 0.15) is 94.0 Å². The molecule has 0 spiro atoms. The first-order chi connectivity index (χ1) is 13.4. The van der Waals surface area contributed by atoms with E-state index in [-0.39, 0.29) is 29.8 Å². The zero-order chi connectivity index (χ0) is 20.7. The Bertz CT molecular complexity index is 529. The van der Waals surface area contributed by atoms with Crippen molar-refractivity contribution in [3.05, 3.63) is 17.8 Å². The maximum Gasteiger partial charge on any atom is 0.263 e. The average Bonchev–Trinajstić information content (AvgIpc) is 3.11. The molecule has 0 fully saturated rings. The van der Waals surface area contributed by atoms with Crippen molar-refractivity contribution in [3.63, 3.8) is 0 Å². The number of unbranched alkanes of at least 4 members (excludes halogenated alkanes) is 8. The first-order valence-corrected chi connectivity index (χ1v) is 12.4. The minimum Gasteiger partial charge on any atom is -1.00 e. The van der Waals surface area contributed by atoms with Gasteiger partial charge in [-0.15, -0.1) is 0 Å². The number of nitrogens with zero attached hydrogens (tertiary/aromatic N) is 2. The summed E-state index contributed by atoms with van der Waals surface area (Å²) in [7, 11) is 6.69. The van der Waals surface area contributed by atoms with Gasteiger partial charge in [-0.3, -0.25) is 4.79 Å². The molecule has 0 saturated carbocycles. The summed E-state index contributed by atoms with van der Waals surface area (Å²) in [4.78, 5) is 16.4. The lowest BCUT2D eigenvalue weighted by atomic mass is 10.1. The fraction of sp³-hybridized carbons (Fsp3) is 0.826. The zero-order valence-corrected chi connectivity index (χ0v) is 22.2. The van der Waals surface area contributed by atoms with Crippen LogP contribution in [0.5, 0.6) is 0 Å². The monoisotopic (exact) mass is 538 g/mol. The summed E-state index contributed by atoms with van der Waals surface area (Å²) in [5.41, 5.74) is 0. The van der Waals surface area contributed by atoms with E-state index in [1.807, 2.05) is 11.8 Å². The second-order valence-corrected chi connectivity index (χ2v) is 10.1. The van der Waals surface area contributed by atoms with E-state index in [9.17, 15) is 4.79 Å². The molecule has 0 bridgehead atoms. The second kappa shape index (κ2) is 17.6. The van der Waals surface area contributed by atoms with E-state index in [0.717, 1.165) is 35.3 Å². The summed E-state index contributed by atoms with van der Waals surface area (Å²) in [6, 6.07) is 0. The third-order valence-electron chi connectivity index (χ3n) is 4.91. The molecule has 0 aliphatic carbocycles. The van der Waals surface area contributed by atoms with Gasteiger partial charge in [0.2, 0.25) is 5.78 Å². The predicted molar refractivity (Wildman–Crippen MR) is 121 cm³/mol. The number of halogens is 1. The minimum atomic E-state index is 0. The summed E-state index contributed by atoms with van der Waals surface area (Å²) in [5.74, 6) is 3.41. The summed E-state index contributed by atoms with van der Waals surface area (Å²) >= 11 is 1.95. The van der Waals surface area contributed by atoms with Crippen LogP contribution in [0, 0.1) is 0 Å². The molecule has 170 valence electrons. The fourth-order valence-corrected chi connectivity index (χ4v) is 4.05. The van der Waals surface area contributed by atoms with Crippen LogP contribution in [0.3, 0.4) is 0 Å². The number of thioether (sulfide) groups is 1. The molecule has 0 unspecified atom stereocenters. The molecule has 1 rings (SSSR count). The van der Waals surface area contributed by atoms with Crippen molar-refractivity contribution in [2.75, 3.05) is 39.2 Å². The largest absolute Gasteiger partial charge is 1.00 e. The topological polar surface area (TPSA) is 43.1 Å². The van der Waals surface area contributed by atoms with Gasteiger partial charge in [0.25, 0.3) is 5.89 Å². The normalized spacial score (nSPS) is 11.4. The van der Waals surface area contributed by atoms with Crippen molar-refractivity contribution >= 4 is 17.5 Å². The van der Waals surface area contributed by atoms with E-state index in [2.05, 4.69) is 33.1 Å². The molecule has 1 heterocycles. The van der Waals surface area contributed by atoms with Crippen molar-refractivity contribution in [1.29, 1.82) is 0 Å². The fourth-order valence-electron chi connectivity index (χ4n) is 3.17. The molecule has 29 heavy (non-hydrogen) atoms. The Morgan fingerprint density at radius 2 is 1.59 bits per heavy atom. The number of Topliss-reactive ketones (excluding diaryl/α,β-unsaturated/α-hetero) is 1. The Morgan fingerprint density at radius 3 is 2.21 bits per heavy atom. The van der Waals surface area contributed by atoms with Crippen LogP contribution in [0.4, 0.5) is 0 Å². The van der Waals surface area contributed by atoms with Gasteiger partial charge in [-0.1, -0.05) is 58.3 Å². The van der Waals surface area contributed by atoms with Gasteiger partial charge in [-0.2, -0.15) is 11.8 Å². The molecule has 0 N–H and O–H groups in total. The van der Waals surface area contributed by atoms with Crippen LogP contribution in [-0.4, -0.2) is 54.4 Å². The molecule has 0 aliphatic heterocycles. The third-order valence-corrected chi connectivity index (χ3v) is 5.98. The Morgan fingerprint density at radius 1 is 0.966 bits per heavy atom. The average molecular weight is 539 g/mol. The van der Waals surface area contributed by atoms with Crippen LogP contribution >= 0.6 is 11.8 Å². The molecule has 0 aromatic carbocycles. The van der Waals surface area contributed by atoms with Gasteiger partial charge in [0.05, 0.1) is 33.9 Å². The molecule has 6 heteroatoms. The van der Waals surface area contributed by atoms with Crippen LogP contribution in [0.25, 0.3) is 0 Å². The molecule has 0 amide bonds. The SMILES string of the molecule is CCCCCCCCCCCC(=O)c1ncc(CCSCCC[N+](C)(C)C)o1.[I-]. The van der Waals surface area contributed by atoms with Gasteiger partial charge in [0.1, 0.15) is 5.76 Å². The third kappa shape index (κ3) is 16.3. The number of hydrogen-bond acceptors (Lipinski definition) is 4. The molecule has 0 atom stereocenters. The summed E-state index contributed by atoms with van der Waals surface area (Å²) in [5, 5.41) is 0. The second-order valence-electron chi connectivity index (χ2n) is 8.86. The Hall–Kier alpha value is -0.0800. The molecule has 1 aromatic rings. The lowest BCUT2D eigenvalue weighted by molar-refractivity contribution is -0.870. The zero-order valence-electron chi connectivity index (χ0n) is 19.2. The number of oxazole rings is 1. The molecule has 1 aromatic heterocycles. The van der Waals surface area contributed by atoms with Gasteiger partial charge < -0.3 is 32.9 Å².